The molecule has 0 fully saturated rings. The van der Waals surface area contributed by atoms with E-state index in [1.807, 2.05) is 65.8 Å². The third kappa shape index (κ3) is 6.30. The van der Waals surface area contributed by atoms with Crippen molar-refractivity contribution in [2.24, 2.45) is 10.8 Å². The number of hydrogen-bond acceptors (Lipinski definition) is 3. The summed E-state index contributed by atoms with van der Waals surface area (Å²) in [4.78, 5) is 24.1. The molecule has 0 unspecified atom stereocenters. The average molecular weight is 381 g/mol. The molecule has 0 N–H and O–H groups in total. The van der Waals surface area contributed by atoms with Crippen molar-refractivity contribution in [2.75, 3.05) is 0 Å². The first-order valence-electron chi connectivity index (χ1n) is 7.60. The molecule has 0 atom stereocenters. The summed E-state index contributed by atoms with van der Waals surface area (Å²) in [5, 5.41) is 0. The Hall–Kier alpha value is -1.42. The van der Waals surface area contributed by atoms with Gasteiger partial charge < -0.3 is 4.74 Å². The Morgan fingerprint density at radius 2 is 1.65 bits per heavy atom. The predicted octanol–water partition coefficient (Wildman–Crippen LogP) is 5.04. The fourth-order valence-corrected chi connectivity index (χ4v) is 3.08. The van der Waals surface area contributed by atoms with Crippen LogP contribution in [0.5, 0.6) is 0 Å². The fourth-order valence-electron chi connectivity index (χ4n) is 2.67. The van der Waals surface area contributed by atoms with Crippen molar-refractivity contribution in [2.45, 2.75) is 47.6 Å². The maximum atomic E-state index is 12.1. The Kier molecular flexibility index (Phi) is 6.34. The lowest BCUT2D eigenvalue weighted by atomic mass is 9.74. The van der Waals surface area contributed by atoms with Gasteiger partial charge in [-0.05, 0) is 34.6 Å². The van der Waals surface area contributed by atoms with Gasteiger partial charge in [0.25, 0.3) is 5.78 Å². The molecule has 1 aromatic rings. The molecule has 1 aromatic carbocycles. The largest absolute Gasteiger partial charge is 0.455 e. The zero-order valence-corrected chi connectivity index (χ0v) is 16.2. The highest BCUT2D eigenvalue weighted by atomic mass is 79.9. The number of carbonyl (C=O) groups excluding carboxylic acids is 2. The van der Waals surface area contributed by atoms with E-state index in [-0.39, 0.29) is 16.9 Å². The van der Waals surface area contributed by atoms with Crippen LogP contribution < -0.4 is 0 Å². The lowest BCUT2D eigenvalue weighted by Gasteiger charge is -2.39. The molecule has 1 rings (SSSR count). The Balaban J connectivity index is 2.82. The molecule has 0 radical (unpaired) electrons. The van der Waals surface area contributed by atoms with E-state index in [0.717, 1.165) is 10.0 Å². The monoisotopic (exact) mass is 380 g/mol. The molecule has 0 heterocycles. The van der Waals surface area contributed by atoms with Gasteiger partial charge in [-0.2, -0.15) is 0 Å². The lowest BCUT2D eigenvalue weighted by Crippen LogP contribution is -2.43. The van der Waals surface area contributed by atoms with Gasteiger partial charge in [-0.25, -0.2) is 4.79 Å². The van der Waals surface area contributed by atoms with E-state index in [2.05, 4.69) is 15.9 Å². The smallest absolute Gasteiger partial charge is 0.379 e. The van der Waals surface area contributed by atoms with E-state index in [0.29, 0.717) is 0 Å². The highest BCUT2D eigenvalue weighted by Gasteiger charge is 2.38. The molecular weight excluding hydrogens is 356 g/mol. The number of benzene rings is 1. The zero-order valence-electron chi connectivity index (χ0n) is 14.6. The minimum Gasteiger partial charge on any atom is -0.455 e. The molecule has 0 spiro atoms. The molecule has 0 saturated heterocycles. The number of ether oxygens (including phenoxy) is 1. The molecule has 0 aliphatic heterocycles. The highest BCUT2D eigenvalue weighted by Crippen LogP contribution is 2.36. The predicted molar refractivity (Wildman–Crippen MR) is 97.0 cm³/mol. The summed E-state index contributed by atoms with van der Waals surface area (Å²) in [6.45, 7) is 12.0. The average Bonchev–Trinajstić information content (AvgIpc) is 2.39. The molecule has 0 aliphatic carbocycles. The number of rotatable bonds is 4. The zero-order chi connectivity index (χ0) is 17.8. The molecule has 4 heteroatoms. The van der Waals surface area contributed by atoms with E-state index < -0.39 is 11.8 Å². The Morgan fingerprint density at radius 1 is 1.09 bits per heavy atom. The first-order valence-corrected chi connectivity index (χ1v) is 8.39. The number of ketones is 1. The summed E-state index contributed by atoms with van der Waals surface area (Å²) < 4.78 is 6.42. The van der Waals surface area contributed by atoms with Crippen LogP contribution in [0, 0.1) is 10.8 Å². The van der Waals surface area contributed by atoms with E-state index in [1.165, 1.54) is 6.08 Å². The summed E-state index contributed by atoms with van der Waals surface area (Å²) >= 11 is 3.36. The third-order valence-electron chi connectivity index (χ3n) is 3.28. The SMILES string of the molecule is CC(C)(C)C(OC(=O)C(=O)/C=C/c1cccc(Br)c1)C(C)(C)C. The van der Waals surface area contributed by atoms with Crippen LogP contribution in [-0.4, -0.2) is 17.9 Å². The topological polar surface area (TPSA) is 43.4 Å². The second-order valence-corrected chi connectivity index (χ2v) is 8.69. The summed E-state index contributed by atoms with van der Waals surface area (Å²) in [7, 11) is 0. The van der Waals surface area contributed by atoms with Gasteiger partial charge in [-0.15, -0.1) is 0 Å². The molecular formula is C19H25BrO3. The standard InChI is InChI=1S/C19H25BrO3/c1-18(2,3)17(19(4,5)6)23-16(22)15(21)11-10-13-8-7-9-14(20)12-13/h7-12,17H,1-6H3/b11-10+. The van der Waals surface area contributed by atoms with Gasteiger partial charge in [0.05, 0.1) is 0 Å². The van der Waals surface area contributed by atoms with E-state index in [1.54, 1.807) is 6.08 Å². The molecule has 23 heavy (non-hydrogen) atoms. The summed E-state index contributed by atoms with van der Waals surface area (Å²) in [5.41, 5.74) is 0.341. The molecule has 0 bridgehead atoms. The van der Waals surface area contributed by atoms with Crippen LogP contribution in [0.4, 0.5) is 0 Å². The Bertz CT molecular complexity index is 590. The van der Waals surface area contributed by atoms with Crippen LogP contribution >= 0.6 is 15.9 Å². The van der Waals surface area contributed by atoms with Gasteiger partial charge >= 0.3 is 5.97 Å². The number of halogens is 1. The second-order valence-electron chi connectivity index (χ2n) is 7.77. The minimum absolute atomic E-state index is 0.248. The summed E-state index contributed by atoms with van der Waals surface area (Å²) in [6.07, 6.45) is 2.51. The van der Waals surface area contributed by atoms with Crippen LogP contribution in [0.1, 0.15) is 47.1 Å². The van der Waals surface area contributed by atoms with Gasteiger partial charge in [-0.3, -0.25) is 4.79 Å². The molecule has 0 amide bonds. The van der Waals surface area contributed by atoms with Gasteiger partial charge in [0, 0.05) is 4.47 Å². The van der Waals surface area contributed by atoms with Crippen molar-refractivity contribution in [3.8, 4) is 0 Å². The number of carbonyl (C=O) groups is 2. The van der Waals surface area contributed by atoms with Crippen molar-refractivity contribution < 1.29 is 14.3 Å². The molecule has 0 aromatic heterocycles. The summed E-state index contributed by atoms with van der Waals surface area (Å²) in [6, 6.07) is 7.47. The highest BCUT2D eigenvalue weighted by molar-refractivity contribution is 9.10. The first kappa shape index (κ1) is 19.6. The first-order chi connectivity index (χ1) is 10.4. The Labute approximate surface area is 147 Å². The maximum Gasteiger partial charge on any atom is 0.379 e. The van der Waals surface area contributed by atoms with E-state index in [9.17, 15) is 9.59 Å². The number of esters is 1. The van der Waals surface area contributed by atoms with Gasteiger partial charge in [-0.1, -0.05) is 75.7 Å². The van der Waals surface area contributed by atoms with E-state index in [4.69, 9.17) is 4.74 Å². The van der Waals surface area contributed by atoms with Crippen molar-refractivity contribution >= 4 is 33.8 Å². The second kappa shape index (κ2) is 7.43. The van der Waals surface area contributed by atoms with Crippen molar-refractivity contribution in [3.63, 3.8) is 0 Å². The van der Waals surface area contributed by atoms with Gasteiger partial charge in [0.1, 0.15) is 6.10 Å². The van der Waals surface area contributed by atoms with Crippen LogP contribution in [0.15, 0.2) is 34.8 Å². The maximum absolute atomic E-state index is 12.1. The van der Waals surface area contributed by atoms with Crippen LogP contribution in [-0.2, 0) is 14.3 Å². The van der Waals surface area contributed by atoms with Crippen LogP contribution in [0.2, 0.25) is 0 Å². The molecule has 0 saturated carbocycles. The minimum atomic E-state index is -0.814. The normalized spacial score (nSPS) is 12.7. The number of hydrogen-bond donors (Lipinski definition) is 0. The Morgan fingerprint density at radius 3 is 2.13 bits per heavy atom. The van der Waals surface area contributed by atoms with Gasteiger partial charge in [0.2, 0.25) is 0 Å². The molecule has 3 nitrogen and oxygen atoms in total. The molecule has 126 valence electrons. The van der Waals surface area contributed by atoms with Crippen molar-refractivity contribution in [3.05, 3.63) is 40.4 Å². The van der Waals surface area contributed by atoms with Crippen LogP contribution in [0.25, 0.3) is 6.08 Å². The van der Waals surface area contributed by atoms with Crippen LogP contribution in [0.3, 0.4) is 0 Å². The fraction of sp³-hybridized carbons (Fsp3) is 0.474. The lowest BCUT2D eigenvalue weighted by molar-refractivity contribution is -0.167. The molecule has 0 aliphatic rings. The van der Waals surface area contributed by atoms with E-state index >= 15 is 0 Å². The van der Waals surface area contributed by atoms with Gasteiger partial charge in [0.15, 0.2) is 0 Å². The van der Waals surface area contributed by atoms with Crippen molar-refractivity contribution in [1.82, 2.24) is 0 Å². The third-order valence-corrected chi connectivity index (χ3v) is 3.77. The quantitative estimate of drug-likeness (QED) is 0.417. The van der Waals surface area contributed by atoms with Crippen molar-refractivity contribution in [1.29, 1.82) is 0 Å². The summed E-state index contributed by atoms with van der Waals surface area (Å²) in [5.74, 6) is -1.46.